The minimum absolute atomic E-state index is 0.167. The summed E-state index contributed by atoms with van der Waals surface area (Å²) in [4.78, 5) is 11.1. The molecule has 0 radical (unpaired) electrons. The summed E-state index contributed by atoms with van der Waals surface area (Å²) >= 11 is 0. The van der Waals surface area contributed by atoms with Crippen LogP contribution in [0, 0.1) is 5.92 Å². The number of anilines is 1. The van der Waals surface area contributed by atoms with Gasteiger partial charge >= 0.3 is 5.97 Å². The van der Waals surface area contributed by atoms with E-state index in [0.717, 1.165) is 12.8 Å². The molecule has 0 aliphatic heterocycles. The molecule has 1 aromatic rings. The van der Waals surface area contributed by atoms with Crippen LogP contribution in [-0.4, -0.2) is 41.0 Å². The van der Waals surface area contributed by atoms with Crippen LogP contribution in [0.1, 0.15) is 23.3 Å². The molecule has 2 rings (SSSR count). The summed E-state index contributed by atoms with van der Waals surface area (Å²) in [5.41, 5.74) is 0.167. The van der Waals surface area contributed by atoms with Gasteiger partial charge in [0.25, 0.3) is 0 Å². The van der Waals surface area contributed by atoms with Crippen LogP contribution in [0.25, 0.3) is 0 Å². The van der Waals surface area contributed by atoms with E-state index >= 15 is 0 Å². The van der Waals surface area contributed by atoms with Gasteiger partial charge < -0.3 is 15.2 Å². The zero-order valence-corrected chi connectivity index (χ0v) is 9.59. The lowest BCUT2D eigenvalue weighted by Crippen LogP contribution is -2.22. The molecule has 1 aromatic heterocycles. The third-order valence-electron chi connectivity index (χ3n) is 2.72. The van der Waals surface area contributed by atoms with Gasteiger partial charge in [0, 0.05) is 6.54 Å². The molecular weight excluding hydrogens is 222 g/mol. The predicted molar refractivity (Wildman–Crippen MR) is 60.6 cm³/mol. The molecule has 0 amide bonds. The Morgan fingerprint density at radius 3 is 2.88 bits per heavy atom. The molecule has 1 aliphatic rings. The average molecular weight is 237 g/mol. The highest BCUT2D eigenvalue weighted by Gasteiger charge is 2.29. The minimum atomic E-state index is -0.512. The number of ether oxygens (including phenoxy) is 1. The number of rotatable bonds is 5. The second-order valence-electron chi connectivity index (χ2n) is 4.08. The van der Waals surface area contributed by atoms with E-state index in [1.165, 1.54) is 13.2 Å². The van der Waals surface area contributed by atoms with E-state index in [4.69, 9.17) is 0 Å². The van der Waals surface area contributed by atoms with Crippen LogP contribution in [0.2, 0.25) is 0 Å². The maximum absolute atomic E-state index is 11.1. The van der Waals surface area contributed by atoms with E-state index in [1.807, 2.05) is 0 Å². The molecule has 0 aromatic carbocycles. The average Bonchev–Trinajstić information content (AvgIpc) is 3.20. The van der Waals surface area contributed by atoms with Crippen LogP contribution >= 0.6 is 0 Å². The number of aliphatic hydroxyl groups excluding tert-OH is 1. The molecule has 6 heteroatoms. The smallest absolute Gasteiger partial charge is 0.358 e. The molecule has 1 fully saturated rings. The first kappa shape index (κ1) is 11.8. The summed E-state index contributed by atoms with van der Waals surface area (Å²) in [6, 6.07) is 3.17. The lowest BCUT2D eigenvalue weighted by Gasteiger charge is -2.10. The van der Waals surface area contributed by atoms with Gasteiger partial charge in [-0.25, -0.2) is 4.79 Å². The summed E-state index contributed by atoms with van der Waals surface area (Å²) in [5, 5.41) is 20.2. The van der Waals surface area contributed by atoms with E-state index in [9.17, 15) is 9.90 Å². The van der Waals surface area contributed by atoms with E-state index in [2.05, 4.69) is 20.3 Å². The number of hydrogen-bond donors (Lipinski definition) is 2. The number of nitrogens with zero attached hydrogens (tertiary/aromatic N) is 2. The second-order valence-corrected chi connectivity index (χ2v) is 4.08. The largest absolute Gasteiger partial charge is 0.464 e. The highest BCUT2D eigenvalue weighted by atomic mass is 16.5. The van der Waals surface area contributed by atoms with Crippen molar-refractivity contribution < 1.29 is 14.6 Å². The van der Waals surface area contributed by atoms with Crippen LogP contribution in [0.4, 0.5) is 5.82 Å². The number of nitrogens with one attached hydrogen (secondary N) is 1. The van der Waals surface area contributed by atoms with Gasteiger partial charge in [-0.3, -0.25) is 0 Å². The number of hydrogen-bond acceptors (Lipinski definition) is 6. The zero-order chi connectivity index (χ0) is 12.3. The van der Waals surface area contributed by atoms with Gasteiger partial charge in [-0.05, 0) is 30.9 Å². The summed E-state index contributed by atoms with van der Waals surface area (Å²) in [6.07, 6.45) is 1.85. The Morgan fingerprint density at radius 2 is 2.35 bits per heavy atom. The topological polar surface area (TPSA) is 84.3 Å². The summed E-state index contributed by atoms with van der Waals surface area (Å²) in [6.45, 7) is 0.455. The van der Waals surface area contributed by atoms with Crippen LogP contribution < -0.4 is 5.32 Å². The molecule has 1 aliphatic carbocycles. The summed E-state index contributed by atoms with van der Waals surface area (Å²) < 4.78 is 4.51. The fourth-order valence-corrected chi connectivity index (χ4v) is 1.50. The standard InChI is InChI=1S/C11H15N3O3/c1-17-11(16)8-4-5-10(14-13-8)12-6-9(15)7-2-3-7/h4-5,7,9,15H,2-3,6H2,1H3,(H,12,14). The van der Waals surface area contributed by atoms with Crippen LogP contribution in [0.3, 0.4) is 0 Å². The fraction of sp³-hybridized carbons (Fsp3) is 0.545. The normalized spacial score (nSPS) is 16.4. The second kappa shape index (κ2) is 5.09. The van der Waals surface area contributed by atoms with Crippen LogP contribution in [0.5, 0.6) is 0 Å². The SMILES string of the molecule is COC(=O)c1ccc(NCC(O)C2CC2)nn1. The molecule has 1 atom stereocenters. The van der Waals surface area contributed by atoms with Gasteiger partial charge in [0.05, 0.1) is 13.2 Å². The summed E-state index contributed by atoms with van der Waals surface area (Å²) in [7, 11) is 1.29. The highest BCUT2D eigenvalue weighted by Crippen LogP contribution is 2.32. The molecule has 6 nitrogen and oxygen atoms in total. The van der Waals surface area contributed by atoms with E-state index < -0.39 is 5.97 Å². The van der Waals surface area contributed by atoms with Crippen molar-refractivity contribution in [3.63, 3.8) is 0 Å². The number of methoxy groups -OCH3 is 1. The van der Waals surface area contributed by atoms with Crippen molar-refractivity contribution in [2.24, 2.45) is 5.92 Å². The molecule has 1 heterocycles. The van der Waals surface area contributed by atoms with E-state index in [0.29, 0.717) is 18.3 Å². The Bertz CT molecular complexity index is 389. The van der Waals surface area contributed by atoms with Crippen LogP contribution in [0.15, 0.2) is 12.1 Å². The quantitative estimate of drug-likeness (QED) is 0.723. The van der Waals surface area contributed by atoms with Gasteiger partial charge in [-0.2, -0.15) is 0 Å². The molecule has 2 N–H and O–H groups in total. The van der Waals surface area contributed by atoms with Crippen LogP contribution in [-0.2, 0) is 4.74 Å². The van der Waals surface area contributed by atoms with Gasteiger partial charge in [-0.15, -0.1) is 10.2 Å². The van der Waals surface area contributed by atoms with Crippen molar-refractivity contribution in [2.75, 3.05) is 19.0 Å². The Kier molecular flexibility index (Phi) is 3.53. The van der Waals surface area contributed by atoms with Gasteiger partial charge in [0.1, 0.15) is 5.82 Å². The number of aromatic nitrogens is 2. The van der Waals surface area contributed by atoms with Gasteiger partial charge in [0.15, 0.2) is 5.69 Å². The molecule has 1 saturated carbocycles. The number of carbonyl (C=O) groups excluding carboxylic acids is 1. The predicted octanol–water partition coefficient (Wildman–Crippen LogP) is 0.446. The third kappa shape index (κ3) is 3.13. The van der Waals surface area contributed by atoms with E-state index in [-0.39, 0.29) is 11.8 Å². The lowest BCUT2D eigenvalue weighted by molar-refractivity contribution is 0.0592. The lowest BCUT2D eigenvalue weighted by atomic mass is 10.2. The van der Waals surface area contributed by atoms with Gasteiger partial charge in [-0.1, -0.05) is 0 Å². The van der Waals surface area contributed by atoms with Crippen molar-refractivity contribution in [2.45, 2.75) is 18.9 Å². The molecule has 92 valence electrons. The highest BCUT2D eigenvalue weighted by molar-refractivity contribution is 5.86. The Morgan fingerprint density at radius 1 is 1.59 bits per heavy atom. The monoisotopic (exact) mass is 237 g/mol. The molecule has 0 bridgehead atoms. The van der Waals surface area contributed by atoms with E-state index in [1.54, 1.807) is 6.07 Å². The molecule has 17 heavy (non-hydrogen) atoms. The van der Waals surface area contributed by atoms with Crippen molar-refractivity contribution in [3.8, 4) is 0 Å². The Balaban J connectivity index is 1.86. The Labute approximate surface area is 99.0 Å². The third-order valence-corrected chi connectivity index (χ3v) is 2.72. The fourth-order valence-electron chi connectivity index (χ4n) is 1.50. The first-order valence-corrected chi connectivity index (χ1v) is 5.54. The summed E-state index contributed by atoms with van der Waals surface area (Å²) in [5.74, 6) is 0.448. The molecule has 0 spiro atoms. The number of carbonyl (C=O) groups is 1. The Hall–Kier alpha value is -1.69. The first-order valence-electron chi connectivity index (χ1n) is 5.54. The van der Waals surface area contributed by atoms with Crippen molar-refractivity contribution >= 4 is 11.8 Å². The van der Waals surface area contributed by atoms with Crippen molar-refractivity contribution in [1.82, 2.24) is 10.2 Å². The first-order chi connectivity index (χ1) is 8.20. The van der Waals surface area contributed by atoms with Crippen molar-refractivity contribution in [3.05, 3.63) is 17.8 Å². The number of esters is 1. The van der Waals surface area contributed by atoms with Gasteiger partial charge in [0.2, 0.25) is 0 Å². The maximum Gasteiger partial charge on any atom is 0.358 e. The molecule has 0 saturated heterocycles. The minimum Gasteiger partial charge on any atom is -0.464 e. The van der Waals surface area contributed by atoms with Crippen molar-refractivity contribution in [1.29, 1.82) is 0 Å². The molecular formula is C11H15N3O3. The number of aliphatic hydroxyl groups is 1. The molecule has 1 unspecified atom stereocenters. The maximum atomic E-state index is 11.1. The zero-order valence-electron chi connectivity index (χ0n) is 9.59.